The summed E-state index contributed by atoms with van der Waals surface area (Å²) in [6.07, 6.45) is 0. The average molecular weight is 429 g/mol. The van der Waals surface area contributed by atoms with E-state index in [1.165, 1.54) is 21.5 Å². The molecular weight excluding hydrogens is 410 g/mol. The summed E-state index contributed by atoms with van der Waals surface area (Å²) in [6.45, 7) is 0. The summed E-state index contributed by atoms with van der Waals surface area (Å²) in [5.74, 6) is 0. The van der Waals surface area contributed by atoms with E-state index >= 15 is 0 Å². The van der Waals surface area contributed by atoms with Gasteiger partial charge in [-0.3, -0.25) is 0 Å². The first-order valence-corrected chi connectivity index (χ1v) is 8.83. The van der Waals surface area contributed by atoms with Crippen LogP contribution in [-0.2, 0) is 29.1 Å². The standard InChI is InChI=1S/2C9H7.CH2.2ClH.HO2P.Ti/c2*1-2-5-9-7-3-6-8(9)4-1;;;;1-3-2;/h2*1-7H;1H2;2*1H;3H;/q2*-1;;;;;+2. The number of rotatable bonds is 0. The zero-order chi connectivity index (χ0) is 16.9. The van der Waals surface area contributed by atoms with Crippen molar-refractivity contribution < 1.29 is 29.1 Å². The summed E-state index contributed by atoms with van der Waals surface area (Å²) < 4.78 is 16.8. The van der Waals surface area contributed by atoms with Crippen molar-refractivity contribution >= 4 is 59.5 Å². The molecule has 25 heavy (non-hydrogen) atoms. The second-order valence-electron chi connectivity index (χ2n) is 4.39. The van der Waals surface area contributed by atoms with E-state index in [9.17, 15) is 0 Å². The number of fused-ring (bicyclic) bond motifs is 2. The van der Waals surface area contributed by atoms with Crippen LogP contribution in [0.25, 0.3) is 21.5 Å². The van der Waals surface area contributed by atoms with Gasteiger partial charge >= 0.3 is 33.1 Å². The van der Waals surface area contributed by atoms with Gasteiger partial charge in [-0.05, 0) is 0 Å². The Labute approximate surface area is 172 Å². The molecule has 0 heterocycles. The maximum atomic E-state index is 8.40. The van der Waals surface area contributed by atoms with Gasteiger partial charge in [0.1, 0.15) is 0 Å². The van der Waals surface area contributed by atoms with E-state index in [0.29, 0.717) is 0 Å². The topological polar surface area (TPSA) is 34.1 Å². The number of halogens is 2. The monoisotopic (exact) mass is 428 g/mol. The van der Waals surface area contributed by atoms with Gasteiger partial charge in [-0.15, -0.1) is 84.1 Å². The van der Waals surface area contributed by atoms with E-state index in [2.05, 4.69) is 89.7 Å². The molecule has 4 rings (SSSR count). The maximum absolute atomic E-state index is 8.40. The molecule has 0 aliphatic rings. The van der Waals surface area contributed by atoms with Gasteiger partial charge in [-0.2, -0.15) is 35.0 Å². The van der Waals surface area contributed by atoms with Crippen LogP contribution in [0.15, 0.2) is 84.9 Å². The van der Waals surface area contributed by atoms with Gasteiger partial charge in [-0.1, -0.05) is 12.1 Å². The minimum Gasteiger partial charge on any atom is -0.168 e. The van der Waals surface area contributed by atoms with Crippen LogP contribution in [0.5, 0.6) is 0 Å². The van der Waals surface area contributed by atoms with Gasteiger partial charge < -0.3 is 0 Å². The molecule has 0 amide bonds. The van der Waals surface area contributed by atoms with E-state index in [0.717, 1.165) is 0 Å². The van der Waals surface area contributed by atoms with Crippen LogP contribution < -0.4 is 0 Å². The number of hydrogen-bond acceptors (Lipinski definition) is 2. The van der Waals surface area contributed by atoms with Crippen LogP contribution in [0.2, 0.25) is 0 Å². The Morgan fingerprint density at radius 3 is 1.32 bits per heavy atom. The van der Waals surface area contributed by atoms with Crippen molar-refractivity contribution in [2.24, 2.45) is 0 Å². The largest absolute Gasteiger partial charge is 0.168 e. The first-order valence-electron chi connectivity index (χ1n) is 6.90. The normalized spacial score (nSPS) is 8.08. The average Bonchev–Trinajstić information content (AvgIpc) is 3.27. The summed E-state index contributed by atoms with van der Waals surface area (Å²) in [5.41, 5.74) is 0. The molecule has 0 fully saturated rings. The van der Waals surface area contributed by atoms with Crippen LogP contribution in [-0.4, -0.2) is 4.82 Å². The predicted octanol–water partition coefficient (Wildman–Crippen LogP) is 6.28. The van der Waals surface area contributed by atoms with Crippen LogP contribution >= 0.6 is 33.2 Å². The summed E-state index contributed by atoms with van der Waals surface area (Å²) in [5, 5.41) is 5.32. The molecule has 130 valence electrons. The van der Waals surface area contributed by atoms with E-state index in [-0.39, 0.29) is 24.8 Å². The van der Waals surface area contributed by atoms with Crippen molar-refractivity contribution in [3.05, 3.63) is 84.9 Å². The molecule has 4 aromatic carbocycles. The van der Waals surface area contributed by atoms with Gasteiger partial charge in [0, 0.05) is 0 Å². The van der Waals surface area contributed by atoms with Crippen molar-refractivity contribution in [2.45, 2.75) is 0 Å². The van der Waals surface area contributed by atoms with Crippen molar-refractivity contribution in [1.29, 1.82) is 0 Å². The quantitative estimate of drug-likeness (QED) is 0.187. The van der Waals surface area contributed by atoms with Crippen LogP contribution in [0.1, 0.15) is 0 Å². The Hall–Kier alpha value is -1.28. The molecule has 2 nitrogen and oxygen atoms in total. The van der Waals surface area contributed by atoms with Gasteiger partial charge in [0.25, 0.3) is 0 Å². The fourth-order valence-corrected chi connectivity index (χ4v) is 2.14. The second-order valence-corrected chi connectivity index (χ2v) is 4.56. The first kappa shape index (κ1) is 26.0. The molecule has 0 aliphatic heterocycles. The number of hydrogen-bond donors (Lipinski definition) is 0. The SMILES string of the molecule is Cl.Cl.O=[PH]=O.[CH2]=[Ti+2].c1ccc2[cH-]ccc2c1.c1ccc2[cH-]ccc2c1. The third-order valence-electron chi connectivity index (χ3n) is 3.10. The minimum atomic E-state index is -1.42. The summed E-state index contributed by atoms with van der Waals surface area (Å²) in [6, 6.07) is 29.3. The van der Waals surface area contributed by atoms with E-state index < -0.39 is 8.34 Å². The Bertz CT molecular complexity index is 741. The van der Waals surface area contributed by atoms with Gasteiger partial charge in [0.15, 0.2) is 0 Å². The summed E-state index contributed by atoms with van der Waals surface area (Å²) in [7, 11) is -1.42. The molecule has 0 aliphatic carbocycles. The number of benzene rings is 2. The Kier molecular flexibility index (Phi) is 16.8. The van der Waals surface area contributed by atoms with Crippen molar-refractivity contribution in [2.75, 3.05) is 0 Å². The third-order valence-corrected chi connectivity index (χ3v) is 3.10. The zero-order valence-electron chi connectivity index (χ0n) is 13.4. The van der Waals surface area contributed by atoms with Crippen LogP contribution in [0.4, 0.5) is 0 Å². The zero-order valence-corrected chi connectivity index (χ0v) is 17.6. The molecule has 0 saturated carbocycles. The van der Waals surface area contributed by atoms with Crippen LogP contribution in [0.3, 0.4) is 0 Å². The fourth-order valence-electron chi connectivity index (χ4n) is 2.14. The van der Waals surface area contributed by atoms with Gasteiger partial charge in [0.2, 0.25) is 0 Å². The molecule has 0 saturated heterocycles. The van der Waals surface area contributed by atoms with Crippen LogP contribution in [0, 0.1) is 0 Å². The maximum Gasteiger partial charge on any atom is -0.0809 e. The van der Waals surface area contributed by atoms with Crippen molar-refractivity contribution in [3.8, 4) is 0 Å². The molecular formula is C19H19Cl2O2PTi. The Morgan fingerprint density at radius 2 is 1.00 bits per heavy atom. The summed E-state index contributed by atoms with van der Waals surface area (Å²) >= 11 is 1.75. The molecule has 0 bridgehead atoms. The molecule has 0 N–H and O–H groups in total. The van der Waals surface area contributed by atoms with E-state index in [1.807, 2.05) is 0 Å². The van der Waals surface area contributed by atoms with Gasteiger partial charge in [0.05, 0.1) is 0 Å². The predicted molar refractivity (Wildman–Crippen MR) is 110 cm³/mol. The van der Waals surface area contributed by atoms with E-state index in [4.69, 9.17) is 9.13 Å². The third kappa shape index (κ3) is 9.11. The smallest absolute Gasteiger partial charge is 0.0809 e. The second kappa shape index (κ2) is 16.2. The molecule has 6 heteroatoms. The molecule has 4 aromatic rings. The summed E-state index contributed by atoms with van der Waals surface area (Å²) in [4.78, 5) is 3.25. The molecule has 0 radical (unpaired) electrons. The van der Waals surface area contributed by atoms with Gasteiger partial charge in [-0.25, -0.2) is 9.13 Å². The van der Waals surface area contributed by atoms with E-state index in [1.54, 1.807) is 20.0 Å². The Morgan fingerprint density at radius 1 is 0.680 bits per heavy atom. The minimum absolute atomic E-state index is 0. The van der Waals surface area contributed by atoms with Crippen molar-refractivity contribution in [3.63, 3.8) is 0 Å². The molecule has 0 aromatic heterocycles. The molecule has 0 atom stereocenters. The Balaban J connectivity index is 0. The molecule has 0 spiro atoms. The first-order chi connectivity index (χ1) is 11.3. The molecule has 0 unspecified atom stereocenters. The van der Waals surface area contributed by atoms with Crippen molar-refractivity contribution in [1.82, 2.24) is 0 Å². The fraction of sp³-hybridized carbons (Fsp3) is 0.